The van der Waals surface area contributed by atoms with E-state index >= 15 is 0 Å². The summed E-state index contributed by atoms with van der Waals surface area (Å²) in [6, 6.07) is 1.33. The lowest BCUT2D eigenvalue weighted by atomic mass is 10.0. The van der Waals surface area contributed by atoms with Crippen LogP contribution < -0.4 is 5.32 Å². The van der Waals surface area contributed by atoms with Gasteiger partial charge in [0.2, 0.25) is 0 Å². The summed E-state index contributed by atoms with van der Waals surface area (Å²) in [6.45, 7) is 9.49. The van der Waals surface area contributed by atoms with Gasteiger partial charge in [0.25, 0.3) is 0 Å². The zero-order chi connectivity index (χ0) is 10.4. The summed E-state index contributed by atoms with van der Waals surface area (Å²) in [7, 11) is 0. The molecule has 1 nitrogen and oxygen atoms in total. The molecule has 0 spiro atoms. The largest absolute Gasteiger partial charge is 0.307 e. The van der Waals surface area contributed by atoms with Crippen molar-refractivity contribution in [3.05, 3.63) is 12.2 Å². The van der Waals surface area contributed by atoms with Crippen LogP contribution in [0.4, 0.5) is 0 Å². The summed E-state index contributed by atoms with van der Waals surface area (Å²) in [5, 5.41) is 3.79. The molecule has 1 heteroatoms. The number of hydrogen-bond acceptors (Lipinski definition) is 1. The second kappa shape index (κ2) is 3.10. The van der Waals surface area contributed by atoms with Crippen molar-refractivity contribution >= 4 is 0 Å². The fraction of sp³-hybridized carbons (Fsp3) is 0.846. The first-order chi connectivity index (χ1) is 6.46. The first kappa shape index (κ1) is 10.2. The molecule has 2 aliphatic carbocycles. The minimum atomic E-state index is 0.471. The van der Waals surface area contributed by atoms with Crippen LogP contribution >= 0.6 is 0 Å². The minimum absolute atomic E-state index is 0.471. The summed E-state index contributed by atoms with van der Waals surface area (Å²) in [5.74, 6) is 0. The first-order valence-electron chi connectivity index (χ1n) is 5.89. The maximum atomic E-state index is 3.79. The SMILES string of the molecule is CC1(C)C(NC2C=CCCC2)C1(C)C. The van der Waals surface area contributed by atoms with Crippen LogP contribution in [-0.4, -0.2) is 12.1 Å². The van der Waals surface area contributed by atoms with Crippen molar-refractivity contribution in [1.29, 1.82) is 0 Å². The summed E-state index contributed by atoms with van der Waals surface area (Å²) < 4.78 is 0. The molecule has 1 fully saturated rings. The van der Waals surface area contributed by atoms with Crippen LogP contribution in [0.25, 0.3) is 0 Å². The zero-order valence-electron chi connectivity index (χ0n) is 9.93. The quantitative estimate of drug-likeness (QED) is 0.664. The second-order valence-corrected chi connectivity index (χ2v) is 6.01. The number of hydrogen-bond donors (Lipinski definition) is 1. The van der Waals surface area contributed by atoms with Crippen molar-refractivity contribution < 1.29 is 0 Å². The van der Waals surface area contributed by atoms with Crippen LogP contribution in [-0.2, 0) is 0 Å². The minimum Gasteiger partial charge on any atom is -0.307 e. The van der Waals surface area contributed by atoms with E-state index in [4.69, 9.17) is 0 Å². The number of rotatable bonds is 2. The number of nitrogens with one attached hydrogen (secondary N) is 1. The summed E-state index contributed by atoms with van der Waals surface area (Å²) in [6.07, 6.45) is 8.62. The molecule has 2 aliphatic rings. The topological polar surface area (TPSA) is 12.0 Å². The van der Waals surface area contributed by atoms with E-state index in [9.17, 15) is 0 Å². The van der Waals surface area contributed by atoms with Gasteiger partial charge in [-0.05, 0) is 30.1 Å². The van der Waals surface area contributed by atoms with Crippen LogP contribution in [0.2, 0.25) is 0 Å². The van der Waals surface area contributed by atoms with Crippen molar-refractivity contribution in [2.24, 2.45) is 10.8 Å². The molecule has 0 heterocycles. The third kappa shape index (κ3) is 1.42. The van der Waals surface area contributed by atoms with Crippen LogP contribution in [0.15, 0.2) is 12.2 Å². The van der Waals surface area contributed by atoms with E-state index in [1.165, 1.54) is 19.3 Å². The summed E-state index contributed by atoms with van der Waals surface area (Å²) in [5.41, 5.74) is 0.941. The normalized spacial score (nSPS) is 34.4. The molecular weight excluding hydrogens is 170 g/mol. The van der Waals surface area contributed by atoms with Gasteiger partial charge < -0.3 is 5.32 Å². The van der Waals surface area contributed by atoms with Crippen molar-refractivity contribution in [3.63, 3.8) is 0 Å². The molecule has 0 aromatic heterocycles. The Kier molecular flexibility index (Phi) is 2.26. The Balaban J connectivity index is 1.94. The van der Waals surface area contributed by atoms with E-state index in [1.807, 2.05) is 0 Å². The Labute approximate surface area is 88.0 Å². The predicted molar refractivity (Wildman–Crippen MR) is 61.3 cm³/mol. The fourth-order valence-electron chi connectivity index (χ4n) is 2.78. The molecule has 1 atom stereocenters. The average molecular weight is 193 g/mol. The van der Waals surface area contributed by atoms with E-state index in [2.05, 4.69) is 45.2 Å². The molecule has 0 saturated heterocycles. The molecule has 1 N–H and O–H groups in total. The highest BCUT2D eigenvalue weighted by Crippen LogP contribution is 2.62. The van der Waals surface area contributed by atoms with Crippen LogP contribution in [0.5, 0.6) is 0 Å². The Morgan fingerprint density at radius 2 is 1.79 bits per heavy atom. The molecule has 0 aliphatic heterocycles. The van der Waals surface area contributed by atoms with Crippen LogP contribution in [0.1, 0.15) is 47.0 Å². The molecule has 0 amide bonds. The molecule has 14 heavy (non-hydrogen) atoms. The van der Waals surface area contributed by atoms with Crippen molar-refractivity contribution in [2.45, 2.75) is 59.0 Å². The lowest BCUT2D eigenvalue weighted by Gasteiger charge is -2.19. The highest BCUT2D eigenvalue weighted by atomic mass is 15.1. The van der Waals surface area contributed by atoms with Gasteiger partial charge in [-0.15, -0.1) is 0 Å². The van der Waals surface area contributed by atoms with Crippen LogP contribution in [0, 0.1) is 10.8 Å². The van der Waals surface area contributed by atoms with Gasteiger partial charge in [0.15, 0.2) is 0 Å². The lowest BCUT2D eigenvalue weighted by molar-refractivity contribution is 0.457. The smallest absolute Gasteiger partial charge is 0.0253 e. The third-order valence-electron chi connectivity index (χ3n) is 4.66. The van der Waals surface area contributed by atoms with Crippen LogP contribution in [0.3, 0.4) is 0 Å². The standard InChI is InChI=1S/C13H23N/c1-12(2)11(13(12,3)4)14-10-8-6-5-7-9-10/h6,8,10-11,14H,5,7,9H2,1-4H3. The Morgan fingerprint density at radius 1 is 1.14 bits per heavy atom. The second-order valence-electron chi connectivity index (χ2n) is 6.01. The van der Waals surface area contributed by atoms with E-state index in [-0.39, 0.29) is 0 Å². The van der Waals surface area contributed by atoms with Crippen molar-refractivity contribution in [2.75, 3.05) is 0 Å². The molecular formula is C13H23N. The molecule has 0 aromatic carbocycles. The Hall–Kier alpha value is -0.300. The molecule has 2 rings (SSSR count). The molecule has 0 aromatic rings. The first-order valence-corrected chi connectivity index (χ1v) is 5.89. The van der Waals surface area contributed by atoms with Gasteiger partial charge in [-0.2, -0.15) is 0 Å². The Bertz CT molecular complexity index is 236. The summed E-state index contributed by atoms with van der Waals surface area (Å²) >= 11 is 0. The highest BCUT2D eigenvalue weighted by Gasteiger charge is 2.64. The Morgan fingerprint density at radius 3 is 2.21 bits per heavy atom. The fourth-order valence-corrected chi connectivity index (χ4v) is 2.78. The summed E-state index contributed by atoms with van der Waals surface area (Å²) in [4.78, 5) is 0. The zero-order valence-corrected chi connectivity index (χ0v) is 9.93. The molecule has 0 bridgehead atoms. The lowest BCUT2D eigenvalue weighted by Crippen LogP contribution is -2.33. The van der Waals surface area contributed by atoms with Gasteiger partial charge in [-0.3, -0.25) is 0 Å². The van der Waals surface area contributed by atoms with Gasteiger partial charge in [-0.25, -0.2) is 0 Å². The molecule has 0 radical (unpaired) electrons. The molecule has 1 saturated carbocycles. The average Bonchev–Trinajstić information content (AvgIpc) is 2.50. The maximum absolute atomic E-state index is 3.79. The van der Waals surface area contributed by atoms with E-state index in [0.29, 0.717) is 22.9 Å². The van der Waals surface area contributed by atoms with E-state index < -0.39 is 0 Å². The monoisotopic (exact) mass is 193 g/mol. The third-order valence-corrected chi connectivity index (χ3v) is 4.66. The van der Waals surface area contributed by atoms with Gasteiger partial charge in [0, 0.05) is 12.1 Å². The van der Waals surface area contributed by atoms with Gasteiger partial charge in [0.05, 0.1) is 0 Å². The van der Waals surface area contributed by atoms with E-state index in [0.717, 1.165) is 0 Å². The molecule has 1 unspecified atom stereocenters. The van der Waals surface area contributed by atoms with Crippen molar-refractivity contribution in [3.8, 4) is 0 Å². The van der Waals surface area contributed by atoms with Crippen molar-refractivity contribution in [1.82, 2.24) is 5.32 Å². The maximum Gasteiger partial charge on any atom is 0.0253 e. The molecule has 80 valence electrons. The van der Waals surface area contributed by atoms with E-state index in [1.54, 1.807) is 0 Å². The predicted octanol–water partition coefficient (Wildman–Crippen LogP) is 3.12. The highest BCUT2D eigenvalue weighted by molar-refractivity contribution is 5.19. The van der Waals surface area contributed by atoms with Gasteiger partial charge in [-0.1, -0.05) is 39.8 Å². The number of allylic oxidation sites excluding steroid dienone is 1. The van der Waals surface area contributed by atoms with Gasteiger partial charge in [0.1, 0.15) is 0 Å². The van der Waals surface area contributed by atoms with Gasteiger partial charge >= 0.3 is 0 Å².